The van der Waals surface area contributed by atoms with Crippen molar-refractivity contribution in [3.63, 3.8) is 0 Å². The fraction of sp³-hybridized carbons (Fsp3) is 0.625. The van der Waals surface area contributed by atoms with Crippen LogP contribution in [0.25, 0.3) is 0 Å². The standard InChI is InChI=1S/C8H12N4/c9-5-3-7-11-6-1-2-10-8(6)12(7)4-5/h5,10H,1-4,9H2. The molecule has 1 atom stereocenters. The Labute approximate surface area is 70.8 Å². The topological polar surface area (TPSA) is 55.9 Å². The molecule has 3 rings (SSSR count). The second-order valence-corrected chi connectivity index (χ2v) is 3.57. The third-order valence-corrected chi connectivity index (χ3v) is 2.63. The number of hydrogen-bond acceptors (Lipinski definition) is 3. The maximum atomic E-state index is 5.83. The summed E-state index contributed by atoms with van der Waals surface area (Å²) in [5.74, 6) is 2.39. The van der Waals surface area contributed by atoms with Gasteiger partial charge in [-0.2, -0.15) is 0 Å². The Morgan fingerprint density at radius 3 is 3.42 bits per heavy atom. The molecule has 4 nitrogen and oxygen atoms in total. The molecule has 1 aromatic rings. The highest BCUT2D eigenvalue weighted by atomic mass is 15.2. The summed E-state index contributed by atoms with van der Waals surface area (Å²) in [5, 5.41) is 3.35. The van der Waals surface area contributed by atoms with Gasteiger partial charge in [0.1, 0.15) is 11.6 Å². The summed E-state index contributed by atoms with van der Waals surface area (Å²) in [6, 6.07) is 0.278. The van der Waals surface area contributed by atoms with Gasteiger partial charge < -0.3 is 15.6 Å². The number of nitrogens with two attached hydrogens (primary N) is 1. The van der Waals surface area contributed by atoms with E-state index in [9.17, 15) is 0 Å². The summed E-state index contributed by atoms with van der Waals surface area (Å²) in [5.41, 5.74) is 7.07. The lowest BCUT2D eigenvalue weighted by Crippen LogP contribution is -2.21. The van der Waals surface area contributed by atoms with Gasteiger partial charge in [0.25, 0.3) is 0 Å². The van der Waals surface area contributed by atoms with Gasteiger partial charge in [0.2, 0.25) is 0 Å². The highest BCUT2D eigenvalue weighted by Gasteiger charge is 2.27. The Morgan fingerprint density at radius 1 is 1.58 bits per heavy atom. The van der Waals surface area contributed by atoms with E-state index in [1.54, 1.807) is 0 Å². The summed E-state index contributed by atoms with van der Waals surface area (Å²) in [4.78, 5) is 4.54. The molecule has 3 heterocycles. The average Bonchev–Trinajstić information content (AvgIpc) is 2.59. The SMILES string of the molecule is NC1Cc2nc3c(n2C1)NCC3. The van der Waals surface area contributed by atoms with E-state index < -0.39 is 0 Å². The van der Waals surface area contributed by atoms with E-state index in [1.807, 2.05) is 0 Å². The average molecular weight is 164 g/mol. The molecule has 0 radical (unpaired) electrons. The van der Waals surface area contributed by atoms with Crippen LogP contribution in [-0.4, -0.2) is 22.1 Å². The fourth-order valence-electron chi connectivity index (χ4n) is 2.11. The van der Waals surface area contributed by atoms with Gasteiger partial charge in [-0.3, -0.25) is 0 Å². The minimum Gasteiger partial charge on any atom is -0.370 e. The molecule has 64 valence electrons. The molecule has 0 saturated carbocycles. The fourth-order valence-corrected chi connectivity index (χ4v) is 2.11. The molecule has 0 aliphatic carbocycles. The van der Waals surface area contributed by atoms with Crippen LogP contribution >= 0.6 is 0 Å². The molecular formula is C8H12N4. The van der Waals surface area contributed by atoms with E-state index in [0.717, 1.165) is 25.9 Å². The van der Waals surface area contributed by atoms with Crippen LogP contribution in [0.1, 0.15) is 11.5 Å². The van der Waals surface area contributed by atoms with Crippen molar-refractivity contribution < 1.29 is 0 Å². The monoisotopic (exact) mass is 164 g/mol. The van der Waals surface area contributed by atoms with Crippen molar-refractivity contribution in [2.45, 2.75) is 25.4 Å². The van der Waals surface area contributed by atoms with Crippen LogP contribution in [-0.2, 0) is 19.4 Å². The number of imidazole rings is 1. The summed E-state index contributed by atoms with van der Waals surface area (Å²) in [7, 11) is 0. The first-order chi connectivity index (χ1) is 5.84. The third-order valence-electron chi connectivity index (χ3n) is 2.63. The lowest BCUT2D eigenvalue weighted by atomic mass is 10.2. The molecule has 0 bridgehead atoms. The minimum atomic E-state index is 0.278. The normalized spacial score (nSPS) is 25.2. The van der Waals surface area contributed by atoms with Gasteiger partial charge in [0.05, 0.1) is 5.69 Å². The van der Waals surface area contributed by atoms with E-state index in [-0.39, 0.29) is 6.04 Å². The number of rotatable bonds is 0. The highest BCUT2D eigenvalue weighted by Crippen LogP contribution is 2.27. The van der Waals surface area contributed by atoms with Crippen molar-refractivity contribution >= 4 is 5.82 Å². The summed E-state index contributed by atoms with van der Waals surface area (Å²) >= 11 is 0. The summed E-state index contributed by atoms with van der Waals surface area (Å²) < 4.78 is 2.23. The second kappa shape index (κ2) is 2.01. The Balaban J connectivity index is 2.12. The Bertz CT molecular complexity index is 328. The molecule has 0 saturated heterocycles. The van der Waals surface area contributed by atoms with Crippen LogP contribution in [0.3, 0.4) is 0 Å². The van der Waals surface area contributed by atoms with Crippen LogP contribution in [0.15, 0.2) is 0 Å². The van der Waals surface area contributed by atoms with Gasteiger partial charge >= 0.3 is 0 Å². The van der Waals surface area contributed by atoms with Crippen molar-refractivity contribution in [2.24, 2.45) is 5.73 Å². The van der Waals surface area contributed by atoms with Gasteiger partial charge in [-0.15, -0.1) is 0 Å². The molecule has 0 spiro atoms. The van der Waals surface area contributed by atoms with E-state index in [0.29, 0.717) is 0 Å². The number of nitrogens with one attached hydrogen (secondary N) is 1. The van der Waals surface area contributed by atoms with E-state index in [4.69, 9.17) is 5.73 Å². The zero-order chi connectivity index (χ0) is 8.13. The van der Waals surface area contributed by atoms with E-state index >= 15 is 0 Å². The predicted molar refractivity (Wildman–Crippen MR) is 46.1 cm³/mol. The Kier molecular flexibility index (Phi) is 1.09. The van der Waals surface area contributed by atoms with Crippen LogP contribution in [0.5, 0.6) is 0 Å². The zero-order valence-corrected chi connectivity index (χ0v) is 6.88. The predicted octanol–water partition coefficient (Wildman–Crippen LogP) is -0.266. The number of fused-ring (bicyclic) bond motifs is 3. The Morgan fingerprint density at radius 2 is 2.50 bits per heavy atom. The smallest absolute Gasteiger partial charge is 0.129 e. The number of hydrogen-bond donors (Lipinski definition) is 2. The van der Waals surface area contributed by atoms with Crippen molar-refractivity contribution in [1.82, 2.24) is 9.55 Å². The van der Waals surface area contributed by atoms with Gasteiger partial charge in [-0.1, -0.05) is 0 Å². The second-order valence-electron chi connectivity index (χ2n) is 3.57. The van der Waals surface area contributed by atoms with Crippen molar-refractivity contribution in [2.75, 3.05) is 11.9 Å². The maximum Gasteiger partial charge on any atom is 0.129 e. The van der Waals surface area contributed by atoms with Crippen molar-refractivity contribution in [1.29, 1.82) is 0 Å². The van der Waals surface area contributed by atoms with Crippen LogP contribution in [0, 0.1) is 0 Å². The molecular weight excluding hydrogens is 152 g/mol. The summed E-state index contributed by atoms with van der Waals surface area (Å²) in [6.07, 6.45) is 2.01. The van der Waals surface area contributed by atoms with E-state index in [1.165, 1.54) is 17.3 Å². The molecule has 4 heteroatoms. The molecule has 0 fully saturated rings. The van der Waals surface area contributed by atoms with Gasteiger partial charge in [-0.05, 0) is 0 Å². The van der Waals surface area contributed by atoms with Gasteiger partial charge in [-0.25, -0.2) is 4.98 Å². The number of anilines is 1. The van der Waals surface area contributed by atoms with E-state index in [2.05, 4.69) is 14.9 Å². The van der Waals surface area contributed by atoms with Gasteiger partial charge in [0, 0.05) is 32.0 Å². The number of nitrogens with zero attached hydrogens (tertiary/aromatic N) is 2. The van der Waals surface area contributed by atoms with Crippen LogP contribution < -0.4 is 11.1 Å². The molecule has 12 heavy (non-hydrogen) atoms. The molecule has 2 aliphatic rings. The first-order valence-corrected chi connectivity index (χ1v) is 4.42. The lowest BCUT2D eigenvalue weighted by Gasteiger charge is -2.03. The minimum absolute atomic E-state index is 0.278. The number of aromatic nitrogens is 2. The van der Waals surface area contributed by atoms with Crippen molar-refractivity contribution in [3.8, 4) is 0 Å². The largest absolute Gasteiger partial charge is 0.370 e. The third kappa shape index (κ3) is 0.679. The molecule has 3 N–H and O–H groups in total. The first-order valence-electron chi connectivity index (χ1n) is 4.42. The molecule has 1 unspecified atom stereocenters. The summed E-state index contributed by atoms with van der Waals surface area (Å²) in [6.45, 7) is 1.97. The van der Waals surface area contributed by atoms with Crippen LogP contribution in [0.2, 0.25) is 0 Å². The quantitative estimate of drug-likeness (QED) is 0.555. The molecule has 0 aromatic carbocycles. The van der Waals surface area contributed by atoms with Gasteiger partial charge in [0.15, 0.2) is 0 Å². The van der Waals surface area contributed by atoms with Crippen molar-refractivity contribution in [3.05, 3.63) is 11.5 Å². The molecule has 0 amide bonds. The Hall–Kier alpha value is -1.03. The highest BCUT2D eigenvalue weighted by molar-refractivity contribution is 5.49. The van der Waals surface area contributed by atoms with Crippen LogP contribution in [0.4, 0.5) is 5.82 Å². The molecule has 1 aromatic heterocycles. The first kappa shape index (κ1) is 6.48. The molecule has 2 aliphatic heterocycles. The zero-order valence-electron chi connectivity index (χ0n) is 6.88. The maximum absolute atomic E-state index is 5.83. The lowest BCUT2D eigenvalue weighted by molar-refractivity contribution is 0.644.